The summed E-state index contributed by atoms with van der Waals surface area (Å²) in [4.78, 5) is 11.6. The van der Waals surface area contributed by atoms with E-state index in [9.17, 15) is 4.79 Å². The van der Waals surface area contributed by atoms with Crippen LogP contribution in [-0.2, 0) is 16.0 Å². The Morgan fingerprint density at radius 2 is 2.25 bits per heavy atom. The highest BCUT2D eigenvalue weighted by atomic mass is 35.5. The highest BCUT2D eigenvalue weighted by molar-refractivity contribution is 6.30. The largest absolute Gasteiger partial charge is 0.465 e. The predicted octanol–water partition coefficient (Wildman–Crippen LogP) is 2.16. The molecular formula is C12H16ClNO2. The second kappa shape index (κ2) is 5.32. The Morgan fingerprint density at radius 1 is 1.56 bits per heavy atom. The van der Waals surface area contributed by atoms with Gasteiger partial charge in [0.25, 0.3) is 0 Å². The van der Waals surface area contributed by atoms with Crippen molar-refractivity contribution in [3.8, 4) is 0 Å². The van der Waals surface area contributed by atoms with Gasteiger partial charge in [0.1, 0.15) is 5.54 Å². The molecule has 2 N–H and O–H groups in total. The van der Waals surface area contributed by atoms with Crippen LogP contribution in [0.3, 0.4) is 0 Å². The van der Waals surface area contributed by atoms with E-state index >= 15 is 0 Å². The average Bonchev–Trinajstić information content (AvgIpc) is 2.17. The Morgan fingerprint density at radius 3 is 2.81 bits per heavy atom. The van der Waals surface area contributed by atoms with Crippen LogP contribution in [0.15, 0.2) is 24.3 Å². The van der Waals surface area contributed by atoms with Crippen molar-refractivity contribution in [2.24, 2.45) is 5.73 Å². The fraction of sp³-hybridized carbons (Fsp3) is 0.417. The lowest BCUT2D eigenvalue weighted by atomic mass is 9.94. The number of benzene rings is 1. The molecule has 16 heavy (non-hydrogen) atoms. The van der Waals surface area contributed by atoms with Crippen molar-refractivity contribution < 1.29 is 9.53 Å². The number of rotatable bonds is 4. The third-order valence-corrected chi connectivity index (χ3v) is 2.44. The number of halogens is 1. The molecule has 88 valence electrons. The number of hydrogen-bond acceptors (Lipinski definition) is 3. The molecule has 0 unspecified atom stereocenters. The molecular weight excluding hydrogens is 226 g/mol. The zero-order valence-electron chi connectivity index (χ0n) is 9.50. The minimum Gasteiger partial charge on any atom is -0.465 e. The van der Waals surface area contributed by atoms with Gasteiger partial charge >= 0.3 is 5.97 Å². The minimum atomic E-state index is -1.01. The normalized spacial score (nSPS) is 14.2. The number of hydrogen-bond donors (Lipinski definition) is 1. The van der Waals surface area contributed by atoms with E-state index in [2.05, 4.69) is 0 Å². The highest BCUT2D eigenvalue weighted by Gasteiger charge is 2.30. The molecule has 0 heterocycles. The molecule has 1 aromatic carbocycles. The molecule has 0 aliphatic heterocycles. The molecule has 0 saturated heterocycles. The monoisotopic (exact) mass is 241 g/mol. The Bertz CT molecular complexity index is 377. The number of nitrogens with two attached hydrogens (primary N) is 1. The van der Waals surface area contributed by atoms with Gasteiger partial charge in [-0.05, 0) is 31.5 Å². The van der Waals surface area contributed by atoms with E-state index in [0.717, 1.165) is 5.56 Å². The molecule has 0 bridgehead atoms. The molecule has 4 heteroatoms. The first-order chi connectivity index (χ1) is 7.45. The summed E-state index contributed by atoms with van der Waals surface area (Å²) in [7, 11) is 0. The number of esters is 1. The summed E-state index contributed by atoms with van der Waals surface area (Å²) in [5, 5.41) is 0.636. The van der Waals surface area contributed by atoms with Crippen LogP contribution < -0.4 is 5.73 Å². The molecule has 0 spiro atoms. The van der Waals surface area contributed by atoms with Crippen LogP contribution in [0.4, 0.5) is 0 Å². The molecule has 0 aliphatic rings. The second-order valence-electron chi connectivity index (χ2n) is 3.94. The van der Waals surface area contributed by atoms with Gasteiger partial charge < -0.3 is 10.5 Å². The average molecular weight is 242 g/mol. The number of carbonyl (C=O) groups is 1. The summed E-state index contributed by atoms with van der Waals surface area (Å²) in [6.07, 6.45) is 0.409. The zero-order valence-corrected chi connectivity index (χ0v) is 10.3. The Hall–Kier alpha value is -1.06. The van der Waals surface area contributed by atoms with E-state index in [-0.39, 0.29) is 0 Å². The van der Waals surface area contributed by atoms with Crippen LogP contribution in [0, 0.1) is 0 Å². The third kappa shape index (κ3) is 3.51. The summed E-state index contributed by atoms with van der Waals surface area (Å²) in [6, 6.07) is 7.30. The fourth-order valence-electron chi connectivity index (χ4n) is 1.44. The van der Waals surface area contributed by atoms with E-state index in [4.69, 9.17) is 22.1 Å². The van der Waals surface area contributed by atoms with Gasteiger partial charge in [-0.2, -0.15) is 0 Å². The van der Waals surface area contributed by atoms with Crippen molar-refractivity contribution in [1.29, 1.82) is 0 Å². The molecule has 0 aliphatic carbocycles. The van der Waals surface area contributed by atoms with Crippen LogP contribution >= 0.6 is 11.6 Å². The van der Waals surface area contributed by atoms with Crippen LogP contribution in [0.25, 0.3) is 0 Å². The van der Waals surface area contributed by atoms with Gasteiger partial charge in [0, 0.05) is 11.4 Å². The van der Waals surface area contributed by atoms with Crippen LogP contribution in [0.2, 0.25) is 5.02 Å². The molecule has 1 aromatic rings. The second-order valence-corrected chi connectivity index (χ2v) is 4.38. The van der Waals surface area contributed by atoms with E-state index in [1.807, 2.05) is 12.1 Å². The van der Waals surface area contributed by atoms with E-state index < -0.39 is 11.5 Å². The topological polar surface area (TPSA) is 52.3 Å². The lowest BCUT2D eigenvalue weighted by Crippen LogP contribution is -2.48. The van der Waals surface area contributed by atoms with Crippen molar-refractivity contribution in [2.75, 3.05) is 6.61 Å². The van der Waals surface area contributed by atoms with Gasteiger partial charge in [0.2, 0.25) is 0 Å². The molecule has 0 aromatic heterocycles. The Labute approximate surface area is 101 Å². The quantitative estimate of drug-likeness (QED) is 0.822. The first-order valence-corrected chi connectivity index (χ1v) is 5.54. The van der Waals surface area contributed by atoms with E-state index in [0.29, 0.717) is 18.1 Å². The summed E-state index contributed by atoms with van der Waals surface area (Å²) < 4.78 is 4.91. The van der Waals surface area contributed by atoms with Crippen LogP contribution in [0.1, 0.15) is 19.4 Å². The Kier molecular flexibility index (Phi) is 4.33. The summed E-state index contributed by atoms with van der Waals surface area (Å²) in [5.74, 6) is -0.394. The zero-order chi connectivity index (χ0) is 12.2. The van der Waals surface area contributed by atoms with Crippen LogP contribution in [-0.4, -0.2) is 18.1 Å². The first-order valence-electron chi connectivity index (χ1n) is 5.16. The summed E-state index contributed by atoms with van der Waals surface area (Å²) >= 11 is 5.86. The smallest absolute Gasteiger partial charge is 0.326 e. The van der Waals surface area contributed by atoms with Gasteiger partial charge in [0.05, 0.1) is 6.61 Å². The third-order valence-electron chi connectivity index (χ3n) is 2.20. The Balaban J connectivity index is 2.75. The number of ether oxygens (including phenoxy) is 1. The van der Waals surface area contributed by atoms with Crippen molar-refractivity contribution in [3.05, 3.63) is 34.9 Å². The van der Waals surface area contributed by atoms with Crippen molar-refractivity contribution >= 4 is 17.6 Å². The van der Waals surface area contributed by atoms with Gasteiger partial charge in [0.15, 0.2) is 0 Å². The predicted molar refractivity (Wildman–Crippen MR) is 64.4 cm³/mol. The highest BCUT2D eigenvalue weighted by Crippen LogP contribution is 2.16. The van der Waals surface area contributed by atoms with E-state index in [1.165, 1.54) is 0 Å². The lowest BCUT2D eigenvalue weighted by molar-refractivity contribution is -0.148. The molecule has 0 fully saturated rings. The SMILES string of the molecule is CCOC(=O)[C@@](C)(N)Cc1cccc(Cl)c1. The molecule has 1 rings (SSSR count). The van der Waals surface area contributed by atoms with Gasteiger partial charge in [-0.25, -0.2) is 0 Å². The summed E-state index contributed by atoms with van der Waals surface area (Å²) in [6.45, 7) is 3.75. The molecule has 3 nitrogen and oxygen atoms in total. The van der Waals surface area contributed by atoms with Crippen molar-refractivity contribution in [1.82, 2.24) is 0 Å². The maximum Gasteiger partial charge on any atom is 0.326 e. The van der Waals surface area contributed by atoms with Crippen molar-refractivity contribution in [3.63, 3.8) is 0 Å². The fourth-order valence-corrected chi connectivity index (χ4v) is 1.65. The number of carbonyl (C=O) groups excluding carboxylic acids is 1. The van der Waals surface area contributed by atoms with E-state index in [1.54, 1.807) is 26.0 Å². The van der Waals surface area contributed by atoms with Crippen molar-refractivity contribution in [2.45, 2.75) is 25.8 Å². The maximum absolute atomic E-state index is 11.6. The minimum absolute atomic E-state index is 0.334. The molecule has 0 radical (unpaired) electrons. The maximum atomic E-state index is 11.6. The summed E-state index contributed by atoms with van der Waals surface area (Å²) in [5.41, 5.74) is 5.82. The first kappa shape index (κ1) is 13.0. The molecule has 1 atom stereocenters. The molecule has 0 saturated carbocycles. The molecule has 0 amide bonds. The van der Waals surface area contributed by atoms with Gasteiger partial charge in [-0.1, -0.05) is 23.7 Å². The van der Waals surface area contributed by atoms with Gasteiger partial charge in [-0.15, -0.1) is 0 Å². The lowest BCUT2D eigenvalue weighted by Gasteiger charge is -2.22. The van der Waals surface area contributed by atoms with Gasteiger partial charge in [-0.3, -0.25) is 4.79 Å². The standard InChI is InChI=1S/C12H16ClNO2/c1-3-16-11(15)12(2,14)8-9-5-4-6-10(13)7-9/h4-7H,3,8,14H2,1-2H3/t12-/m0/s1. The van der Waals surface area contributed by atoms with Crippen LogP contribution in [0.5, 0.6) is 0 Å².